The number of sulfonamides is 1. The quantitative estimate of drug-likeness (QED) is 0.531. The van der Waals surface area contributed by atoms with Gasteiger partial charge in [-0.3, -0.25) is 4.79 Å². The van der Waals surface area contributed by atoms with Gasteiger partial charge in [-0.1, -0.05) is 0 Å². The van der Waals surface area contributed by atoms with Gasteiger partial charge in [0.15, 0.2) is 18.1 Å². The molecule has 2 heterocycles. The van der Waals surface area contributed by atoms with Gasteiger partial charge in [0.1, 0.15) is 0 Å². The van der Waals surface area contributed by atoms with Crippen molar-refractivity contribution in [1.82, 2.24) is 4.72 Å². The summed E-state index contributed by atoms with van der Waals surface area (Å²) in [7, 11) is -3.77. The van der Waals surface area contributed by atoms with Gasteiger partial charge in [-0.2, -0.15) is 0 Å². The third-order valence-corrected chi connectivity index (χ3v) is 6.38. The lowest BCUT2D eigenvalue weighted by molar-refractivity contribution is -0.286. The fraction of sp³-hybridized carbons (Fsp3) is 0.333. The smallest absolute Gasteiger partial charge is 0.452 e. The number of carbonyl (C=O) groups is 2. The van der Waals surface area contributed by atoms with Gasteiger partial charge in [-0.25, -0.2) is 17.9 Å². The second kappa shape index (κ2) is 9.52. The van der Waals surface area contributed by atoms with E-state index in [1.54, 1.807) is 0 Å². The molecule has 1 saturated heterocycles. The summed E-state index contributed by atoms with van der Waals surface area (Å²) in [5, 5.41) is 2.38. The van der Waals surface area contributed by atoms with Crippen molar-refractivity contribution < 1.29 is 45.7 Å². The topological polar surface area (TPSA) is 129 Å². The lowest BCUT2D eigenvalue weighted by Crippen LogP contribution is -2.31. The summed E-state index contributed by atoms with van der Waals surface area (Å²) in [5.74, 6) is -2.00. The molecular formula is C21H20F2N2O8S. The van der Waals surface area contributed by atoms with Crippen molar-refractivity contribution in [3.05, 3.63) is 48.0 Å². The average molecular weight is 498 g/mol. The first-order valence-electron chi connectivity index (χ1n) is 10.2. The van der Waals surface area contributed by atoms with Crippen molar-refractivity contribution in [2.24, 2.45) is 0 Å². The summed E-state index contributed by atoms with van der Waals surface area (Å²) in [6.45, 7) is 0.107. The number of nitrogens with one attached hydrogen (secondary N) is 2. The molecule has 0 spiro atoms. The highest BCUT2D eigenvalue weighted by molar-refractivity contribution is 7.89. The maximum Gasteiger partial charge on any atom is 0.586 e. The first kappa shape index (κ1) is 23.9. The summed E-state index contributed by atoms with van der Waals surface area (Å²) in [6, 6.07) is 8.67. The third-order valence-electron chi connectivity index (χ3n) is 4.94. The first-order valence-corrected chi connectivity index (χ1v) is 11.7. The Hall–Kier alpha value is -3.29. The highest BCUT2D eigenvalue weighted by Crippen LogP contribution is 2.42. The van der Waals surface area contributed by atoms with Crippen LogP contribution >= 0.6 is 0 Å². The van der Waals surface area contributed by atoms with Crippen molar-refractivity contribution in [1.29, 1.82) is 0 Å². The Balaban J connectivity index is 1.27. The number of halogens is 2. The van der Waals surface area contributed by atoms with Crippen LogP contribution in [0.15, 0.2) is 47.4 Å². The molecule has 1 unspecified atom stereocenters. The predicted molar refractivity (Wildman–Crippen MR) is 112 cm³/mol. The highest BCUT2D eigenvalue weighted by atomic mass is 32.2. The van der Waals surface area contributed by atoms with Gasteiger partial charge in [-0.15, -0.1) is 8.78 Å². The van der Waals surface area contributed by atoms with Gasteiger partial charge in [0.05, 0.1) is 16.6 Å². The van der Waals surface area contributed by atoms with Gasteiger partial charge in [0.2, 0.25) is 10.0 Å². The second-order valence-corrected chi connectivity index (χ2v) is 9.23. The van der Waals surface area contributed by atoms with Gasteiger partial charge in [0.25, 0.3) is 5.91 Å². The van der Waals surface area contributed by atoms with Gasteiger partial charge in [-0.05, 0) is 49.2 Å². The number of rotatable bonds is 8. The molecule has 10 nitrogen and oxygen atoms in total. The molecule has 13 heteroatoms. The van der Waals surface area contributed by atoms with Crippen LogP contribution in [0, 0.1) is 0 Å². The van der Waals surface area contributed by atoms with Crippen molar-refractivity contribution in [2.45, 2.75) is 30.1 Å². The molecule has 1 atom stereocenters. The minimum Gasteiger partial charge on any atom is -0.452 e. The van der Waals surface area contributed by atoms with Crippen molar-refractivity contribution >= 4 is 27.6 Å². The van der Waals surface area contributed by atoms with Crippen molar-refractivity contribution in [3.63, 3.8) is 0 Å². The largest absolute Gasteiger partial charge is 0.586 e. The zero-order chi connectivity index (χ0) is 24.3. The number of benzene rings is 2. The van der Waals surface area contributed by atoms with Crippen LogP contribution < -0.4 is 19.5 Å². The lowest BCUT2D eigenvalue weighted by atomic mass is 10.2. The van der Waals surface area contributed by atoms with Crippen molar-refractivity contribution in [3.8, 4) is 11.5 Å². The summed E-state index contributed by atoms with van der Waals surface area (Å²) >= 11 is 0. The van der Waals surface area contributed by atoms with Crippen LogP contribution in [-0.4, -0.2) is 52.5 Å². The minimum absolute atomic E-state index is 0.0341. The fourth-order valence-corrected chi connectivity index (χ4v) is 4.37. The van der Waals surface area contributed by atoms with E-state index in [0.29, 0.717) is 6.61 Å². The van der Waals surface area contributed by atoms with Crippen LogP contribution in [0.3, 0.4) is 0 Å². The van der Waals surface area contributed by atoms with Crippen LogP contribution in [-0.2, 0) is 24.3 Å². The van der Waals surface area contributed by atoms with E-state index in [-0.39, 0.29) is 40.3 Å². The molecule has 1 amide bonds. The van der Waals surface area contributed by atoms with Gasteiger partial charge in [0, 0.05) is 24.9 Å². The van der Waals surface area contributed by atoms with E-state index in [4.69, 9.17) is 9.47 Å². The fourth-order valence-electron chi connectivity index (χ4n) is 3.30. The zero-order valence-corrected chi connectivity index (χ0v) is 18.4. The molecule has 2 N–H and O–H groups in total. The number of ether oxygens (including phenoxy) is 4. The van der Waals surface area contributed by atoms with E-state index in [2.05, 4.69) is 19.5 Å². The zero-order valence-electron chi connectivity index (χ0n) is 17.6. The Labute approximate surface area is 193 Å². The van der Waals surface area contributed by atoms with Gasteiger partial charge >= 0.3 is 12.3 Å². The Kier molecular flexibility index (Phi) is 6.68. The molecule has 2 aliphatic rings. The molecule has 0 radical (unpaired) electrons. The summed E-state index contributed by atoms with van der Waals surface area (Å²) in [4.78, 5) is 24.2. The standard InChI is InChI=1S/C21H20F2N2O8S/c22-21(23)32-17-8-5-14(10-18(17)33-21)25-19(26)12-31-20(27)13-3-6-16(7-4-13)34(28,29)24-11-15-2-1-9-30-15/h3-8,10,15,24H,1-2,9,11-12H2,(H,25,26). The summed E-state index contributed by atoms with van der Waals surface area (Å²) in [6.07, 6.45) is -2.27. The molecule has 182 valence electrons. The van der Waals surface area contributed by atoms with Crippen LogP contribution in [0.4, 0.5) is 14.5 Å². The molecular weight excluding hydrogens is 478 g/mol. The lowest BCUT2D eigenvalue weighted by Gasteiger charge is -2.11. The molecule has 2 aromatic rings. The van der Waals surface area contributed by atoms with E-state index < -0.39 is 34.8 Å². The second-order valence-electron chi connectivity index (χ2n) is 7.46. The Bertz CT molecular complexity index is 1180. The maximum atomic E-state index is 13.1. The number of amides is 1. The number of fused-ring (bicyclic) bond motifs is 1. The van der Waals surface area contributed by atoms with Crippen LogP contribution in [0.25, 0.3) is 0 Å². The molecule has 0 aliphatic carbocycles. The SMILES string of the molecule is O=C(COC(=O)c1ccc(S(=O)(=O)NCC2CCCO2)cc1)Nc1ccc2c(c1)OC(F)(F)O2. The van der Waals surface area contributed by atoms with E-state index in [1.165, 1.54) is 36.4 Å². The molecule has 0 aromatic heterocycles. The monoisotopic (exact) mass is 498 g/mol. The predicted octanol–water partition coefficient (Wildman–Crippen LogP) is 2.26. The van der Waals surface area contributed by atoms with Crippen LogP contribution in [0.2, 0.25) is 0 Å². The molecule has 34 heavy (non-hydrogen) atoms. The van der Waals surface area contributed by atoms with E-state index >= 15 is 0 Å². The normalized spacial score (nSPS) is 18.5. The molecule has 2 aromatic carbocycles. The Morgan fingerprint density at radius 1 is 1.09 bits per heavy atom. The minimum atomic E-state index is -3.78. The Morgan fingerprint density at radius 2 is 1.82 bits per heavy atom. The molecule has 1 fully saturated rings. The van der Waals surface area contributed by atoms with E-state index in [9.17, 15) is 26.8 Å². The average Bonchev–Trinajstić information content (AvgIpc) is 3.42. The van der Waals surface area contributed by atoms with Crippen molar-refractivity contribution in [2.75, 3.05) is 25.1 Å². The number of esters is 1. The summed E-state index contributed by atoms with van der Waals surface area (Å²) in [5.41, 5.74) is 0.169. The summed E-state index contributed by atoms with van der Waals surface area (Å²) < 4.78 is 72.2. The number of anilines is 1. The molecule has 0 bridgehead atoms. The molecule has 0 saturated carbocycles. The van der Waals surface area contributed by atoms with E-state index in [1.807, 2.05) is 0 Å². The van der Waals surface area contributed by atoms with Crippen LogP contribution in [0.1, 0.15) is 23.2 Å². The van der Waals surface area contributed by atoms with Crippen LogP contribution in [0.5, 0.6) is 11.5 Å². The number of alkyl halides is 2. The third kappa shape index (κ3) is 5.79. The number of carbonyl (C=O) groups excluding carboxylic acids is 2. The van der Waals surface area contributed by atoms with Gasteiger partial charge < -0.3 is 24.3 Å². The Morgan fingerprint density at radius 3 is 2.53 bits per heavy atom. The molecule has 4 rings (SSSR count). The highest BCUT2D eigenvalue weighted by Gasteiger charge is 2.43. The number of hydrogen-bond donors (Lipinski definition) is 2. The maximum absolute atomic E-state index is 13.1. The van der Waals surface area contributed by atoms with E-state index in [0.717, 1.165) is 18.9 Å². The molecule has 2 aliphatic heterocycles. The first-order chi connectivity index (χ1) is 16.1. The number of hydrogen-bond acceptors (Lipinski definition) is 8.